The molecule has 0 saturated carbocycles. The lowest BCUT2D eigenvalue weighted by molar-refractivity contribution is 0.159. The summed E-state index contributed by atoms with van der Waals surface area (Å²) in [4.78, 5) is 7.65. The molecule has 1 atom stereocenters. The van der Waals surface area contributed by atoms with Crippen molar-refractivity contribution < 1.29 is 9.84 Å². The van der Waals surface area contributed by atoms with Crippen LogP contribution in [0.25, 0.3) is 11.0 Å². The third kappa shape index (κ3) is 2.33. The van der Waals surface area contributed by atoms with E-state index in [1.54, 1.807) is 19.2 Å². The summed E-state index contributed by atoms with van der Waals surface area (Å²) in [6.07, 6.45) is 0.850. The summed E-state index contributed by atoms with van der Waals surface area (Å²) in [7, 11) is 1.70. The summed E-state index contributed by atoms with van der Waals surface area (Å²) < 4.78 is 5.09. The minimum absolute atomic E-state index is 0.257. The van der Waals surface area contributed by atoms with Gasteiger partial charge in [-0.25, -0.2) is 4.98 Å². The monoisotopic (exact) mass is 220 g/mol. The van der Waals surface area contributed by atoms with E-state index in [0.717, 1.165) is 29.9 Å². The summed E-state index contributed by atoms with van der Waals surface area (Å²) in [6.45, 7) is 2.84. The van der Waals surface area contributed by atoms with Gasteiger partial charge >= 0.3 is 0 Å². The van der Waals surface area contributed by atoms with E-state index in [-0.39, 0.29) is 5.75 Å². The minimum atomic E-state index is 0.257. The fourth-order valence-electron chi connectivity index (χ4n) is 1.82. The molecule has 0 amide bonds. The maximum Gasteiger partial charge on any atom is 0.117 e. The number of methoxy groups -OCH3 is 1. The molecule has 4 nitrogen and oxygen atoms in total. The van der Waals surface area contributed by atoms with Crippen molar-refractivity contribution in [3.05, 3.63) is 24.0 Å². The highest BCUT2D eigenvalue weighted by molar-refractivity contribution is 5.76. The average Bonchev–Trinajstić information content (AvgIpc) is 2.59. The van der Waals surface area contributed by atoms with Gasteiger partial charge in [-0.15, -0.1) is 0 Å². The van der Waals surface area contributed by atoms with Crippen LogP contribution in [0, 0.1) is 5.92 Å². The number of phenols is 1. The fraction of sp³-hybridized carbons (Fsp3) is 0.417. The maximum atomic E-state index is 9.34. The molecule has 1 unspecified atom stereocenters. The van der Waals surface area contributed by atoms with E-state index in [1.165, 1.54) is 0 Å². The van der Waals surface area contributed by atoms with Crippen LogP contribution < -0.4 is 0 Å². The highest BCUT2D eigenvalue weighted by Crippen LogP contribution is 2.18. The molecule has 2 rings (SSSR count). The van der Waals surface area contributed by atoms with Crippen LogP contribution in [-0.4, -0.2) is 28.8 Å². The Morgan fingerprint density at radius 1 is 1.50 bits per heavy atom. The van der Waals surface area contributed by atoms with E-state index >= 15 is 0 Å². The zero-order chi connectivity index (χ0) is 11.5. The number of fused-ring (bicyclic) bond motifs is 1. The van der Waals surface area contributed by atoms with E-state index in [9.17, 15) is 5.11 Å². The first-order valence-electron chi connectivity index (χ1n) is 5.35. The molecule has 0 aliphatic rings. The molecule has 0 spiro atoms. The van der Waals surface area contributed by atoms with E-state index in [1.807, 2.05) is 6.07 Å². The highest BCUT2D eigenvalue weighted by Gasteiger charge is 2.08. The average molecular weight is 220 g/mol. The zero-order valence-electron chi connectivity index (χ0n) is 9.53. The van der Waals surface area contributed by atoms with Crippen LogP contribution in [0.15, 0.2) is 18.2 Å². The predicted octanol–water partition coefficient (Wildman–Crippen LogP) is 2.09. The van der Waals surface area contributed by atoms with Crippen LogP contribution >= 0.6 is 0 Å². The Hall–Kier alpha value is -1.55. The first-order chi connectivity index (χ1) is 7.69. The first kappa shape index (κ1) is 11.0. The predicted molar refractivity (Wildman–Crippen MR) is 62.5 cm³/mol. The van der Waals surface area contributed by atoms with Crippen molar-refractivity contribution in [3.63, 3.8) is 0 Å². The molecule has 1 aromatic carbocycles. The lowest BCUT2D eigenvalue weighted by Gasteiger charge is -2.06. The van der Waals surface area contributed by atoms with Crippen LogP contribution in [0.3, 0.4) is 0 Å². The topological polar surface area (TPSA) is 58.1 Å². The second-order valence-corrected chi connectivity index (χ2v) is 4.15. The molecule has 0 aliphatic carbocycles. The highest BCUT2D eigenvalue weighted by atomic mass is 16.5. The van der Waals surface area contributed by atoms with E-state index in [4.69, 9.17) is 4.74 Å². The van der Waals surface area contributed by atoms with Gasteiger partial charge in [0.05, 0.1) is 11.0 Å². The Morgan fingerprint density at radius 2 is 2.31 bits per heavy atom. The Bertz CT molecular complexity index is 479. The van der Waals surface area contributed by atoms with E-state index < -0.39 is 0 Å². The largest absolute Gasteiger partial charge is 0.508 e. The van der Waals surface area contributed by atoms with Crippen molar-refractivity contribution in [1.29, 1.82) is 0 Å². The normalized spacial score (nSPS) is 13.1. The van der Waals surface area contributed by atoms with Crippen molar-refractivity contribution in [3.8, 4) is 5.75 Å². The number of benzene rings is 1. The van der Waals surface area contributed by atoms with Gasteiger partial charge in [0.15, 0.2) is 0 Å². The summed E-state index contributed by atoms with van der Waals surface area (Å²) in [5.41, 5.74) is 1.76. The van der Waals surface area contributed by atoms with Crippen LogP contribution in [0.5, 0.6) is 5.75 Å². The van der Waals surface area contributed by atoms with Gasteiger partial charge in [-0.1, -0.05) is 6.92 Å². The van der Waals surface area contributed by atoms with Gasteiger partial charge in [0.2, 0.25) is 0 Å². The van der Waals surface area contributed by atoms with Crippen molar-refractivity contribution in [2.24, 2.45) is 5.92 Å². The second-order valence-electron chi connectivity index (χ2n) is 4.15. The van der Waals surface area contributed by atoms with Gasteiger partial charge in [-0.05, 0) is 18.1 Å². The third-order valence-corrected chi connectivity index (χ3v) is 2.51. The van der Waals surface area contributed by atoms with Crippen molar-refractivity contribution in [2.45, 2.75) is 13.3 Å². The molecule has 0 radical (unpaired) electrons. The number of aromatic hydroxyl groups is 1. The van der Waals surface area contributed by atoms with Crippen LogP contribution in [-0.2, 0) is 11.2 Å². The summed E-state index contributed by atoms with van der Waals surface area (Å²) in [6, 6.07) is 5.14. The summed E-state index contributed by atoms with van der Waals surface area (Å²) in [5, 5.41) is 9.34. The van der Waals surface area contributed by atoms with Crippen molar-refractivity contribution in [2.75, 3.05) is 13.7 Å². The van der Waals surface area contributed by atoms with Crippen LogP contribution in [0.1, 0.15) is 12.7 Å². The number of hydrogen-bond acceptors (Lipinski definition) is 3. The molecule has 2 aromatic rings. The molecule has 2 N–H and O–H groups in total. The number of imidazole rings is 1. The van der Waals surface area contributed by atoms with E-state index in [2.05, 4.69) is 16.9 Å². The minimum Gasteiger partial charge on any atom is -0.508 e. The molecule has 16 heavy (non-hydrogen) atoms. The van der Waals surface area contributed by atoms with Gasteiger partial charge in [0.25, 0.3) is 0 Å². The molecular formula is C12H16N2O2. The number of aromatic nitrogens is 2. The number of rotatable bonds is 4. The SMILES string of the molecule is COCC(C)Cc1nc2ccc(O)cc2[nH]1. The Labute approximate surface area is 94.3 Å². The van der Waals surface area contributed by atoms with Crippen molar-refractivity contribution >= 4 is 11.0 Å². The maximum absolute atomic E-state index is 9.34. The van der Waals surface area contributed by atoms with E-state index in [0.29, 0.717) is 5.92 Å². The summed E-state index contributed by atoms with van der Waals surface area (Å²) in [5.74, 6) is 1.62. The number of nitrogens with zero attached hydrogens (tertiary/aromatic N) is 1. The Kier molecular flexibility index (Phi) is 3.10. The Balaban J connectivity index is 2.19. The van der Waals surface area contributed by atoms with Gasteiger partial charge in [0, 0.05) is 26.2 Å². The number of aromatic amines is 1. The number of hydrogen-bond donors (Lipinski definition) is 2. The molecule has 0 fully saturated rings. The quantitative estimate of drug-likeness (QED) is 0.829. The zero-order valence-corrected chi connectivity index (χ0v) is 9.53. The van der Waals surface area contributed by atoms with Crippen LogP contribution in [0.2, 0.25) is 0 Å². The molecule has 0 saturated heterocycles. The number of ether oxygens (including phenoxy) is 1. The molecule has 4 heteroatoms. The number of nitrogens with one attached hydrogen (secondary N) is 1. The standard InChI is InChI=1S/C12H16N2O2/c1-8(7-16-2)5-12-13-10-4-3-9(15)6-11(10)14-12/h3-4,6,8,15H,5,7H2,1-2H3,(H,13,14). The smallest absolute Gasteiger partial charge is 0.117 e. The van der Waals surface area contributed by atoms with Crippen LogP contribution in [0.4, 0.5) is 0 Å². The molecule has 86 valence electrons. The molecule has 0 aliphatic heterocycles. The molecule has 0 bridgehead atoms. The van der Waals surface area contributed by atoms with Gasteiger partial charge < -0.3 is 14.8 Å². The molecule has 1 heterocycles. The number of H-pyrrole nitrogens is 1. The molecular weight excluding hydrogens is 204 g/mol. The van der Waals surface area contributed by atoms with Crippen molar-refractivity contribution in [1.82, 2.24) is 9.97 Å². The summed E-state index contributed by atoms with van der Waals surface area (Å²) >= 11 is 0. The lowest BCUT2D eigenvalue weighted by atomic mass is 10.1. The third-order valence-electron chi connectivity index (χ3n) is 2.51. The second kappa shape index (κ2) is 4.53. The first-order valence-corrected chi connectivity index (χ1v) is 5.35. The Morgan fingerprint density at radius 3 is 3.06 bits per heavy atom. The van der Waals surface area contributed by atoms with Gasteiger partial charge in [-0.3, -0.25) is 0 Å². The number of phenolic OH excluding ortho intramolecular Hbond substituents is 1. The molecule has 1 aromatic heterocycles. The van der Waals surface area contributed by atoms with Gasteiger partial charge in [-0.2, -0.15) is 0 Å². The fourth-order valence-corrected chi connectivity index (χ4v) is 1.82. The lowest BCUT2D eigenvalue weighted by Crippen LogP contribution is -2.07. The van der Waals surface area contributed by atoms with Gasteiger partial charge in [0.1, 0.15) is 11.6 Å².